The lowest BCUT2D eigenvalue weighted by Crippen LogP contribution is -2.48. The number of likely N-dealkylation sites (N-methyl/N-ethyl adjacent to an activating group) is 1. The highest BCUT2D eigenvalue weighted by Crippen LogP contribution is 2.30. The van der Waals surface area contributed by atoms with E-state index in [0.29, 0.717) is 29.2 Å². The fourth-order valence-corrected chi connectivity index (χ4v) is 5.76. The van der Waals surface area contributed by atoms with Crippen LogP contribution in [0.5, 0.6) is 5.75 Å². The molecule has 0 spiro atoms. The van der Waals surface area contributed by atoms with Crippen molar-refractivity contribution in [3.05, 3.63) is 90.1 Å². The van der Waals surface area contributed by atoms with Crippen molar-refractivity contribution in [2.45, 2.75) is 38.8 Å². The SMILES string of the molecule is C[C@H](CO)N1C[C@H](C)[C@@H](CN(C)C(=O)Nc2ccccc2)Oc2ccc(NC(=O)Cc3cn(C)c4ccccc34)cc2CC1=O. The number of ether oxygens (including phenoxy) is 1. The van der Waals surface area contributed by atoms with E-state index in [9.17, 15) is 19.5 Å². The van der Waals surface area contributed by atoms with E-state index in [-0.39, 0.29) is 49.8 Å². The second-order valence-corrected chi connectivity index (χ2v) is 11.9. The van der Waals surface area contributed by atoms with Gasteiger partial charge in [0.2, 0.25) is 11.8 Å². The van der Waals surface area contributed by atoms with Gasteiger partial charge in [-0.25, -0.2) is 4.79 Å². The molecule has 0 fully saturated rings. The zero-order valence-electron chi connectivity index (χ0n) is 26.2. The molecule has 2 heterocycles. The van der Waals surface area contributed by atoms with Gasteiger partial charge in [0.25, 0.3) is 0 Å². The number of carbonyl (C=O) groups excluding carboxylic acids is 3. The number of hydrogen-bond donors (Lipinski definition) is 3. The number of hydrogen-bond acceptors (Lipinski definition) is 5. The van der Waals surface area contributed by atoms with E-state index in [1.54, 1.807) is 35.0 Å². The molecular weight excluding hydrogens is 570 g/mol. The molecule has 1 aromatic heterocycles. The highest BCUT2D eigenvalue weighted by atomic mass is 16.5. The number of aryl methyl sites for hydroxylation is 1. The Bertz CT molecular complexity index is 1670. The van der Waals surface area contributed by atoms with Gasteiger partial charge >= 0.3 is 6.03 Å². The van der Waals surface area contributed by atoms with Crippen molar-refractivity contribution in [1.82, 2.24) is 14.4 Å². The third-order valence-corrected chi connectivity index (χ3v) is 8.36. The van der Waals surface area contributed by atoms with Crippen molar-refractivity contribution in [2.75, 3.05) is 37.4 Å². The number of carbonyl (C=O) groups is 3. The summed E-state index contributed by atoms with van der Waals surface area (Å²) in [6.07, 6.45) is 1.75. The number of aliphatic hydroxyl groups is 1. The second-order valence-electron chi connectivity index (χ2n) is 11.9. The Morgan fingerprint density at radius 3 is 2.53 bits per heavy atom. The topological polar surface area (TPSA) is 116 Å². The lowest BCUT2D eigenvalue weighted by molar-refractivity contribution is -0.134. The number of para-hydroxylation sites is 2. The van der Waals surface area contributed by atoms with Gasteiger partial charge in [-0.1, -0.05) is 43.3 Å². The lowest BCUT2D eigenvalue weighted by atomic mass is 10.0. The van der Waals surface area contributed by atoms with Gasteiger partial charge in [-0.3, -0.25) is 9.59 Å². The van der Waals surface area contributed by atoms with Crippen molar-refractivity contribution in [1.29, 1.82) is 0 Å². The molecule has 0 unspecified atom stereocenters. The Hall–Kier alpha value is -4.83. The third-order valence-electron chi connectivity index (χ3n) is 8.36. The molecule has 3 atom stereocenters. The second kappa shape index (κ2) is 13.9. The van der Waals surface area contributed by atoms with Crippen molar-refractivity contribution in [3.8, 4) is 5.75 Å². The zero-order valence-corrected chi connectivity index (χ0v) is 26.2. The fourth-order valence-electron chi connectivity index (χ4n) is 5.76. The molecule has 3 aromatic carbocycles. The van der Waals surface area contributed by atoms with Crippen LogP contribution in [0.2, 0.25) is 0 Å². The number of nitrogens with zero attached hydrogens (tertiary/aromatic N) is 3. The van der Waals surface area contributed by atoms with Crippen LogP contribution in [-0.2, 0) is 29.5 Å². The minimum atomic E-state index is -0.457. The molecule has 10 heteroatoms. The zero-order chi connectivity index (χ0) is 32.1. The summed E-state index contributed by atoms with van der Waals surface area (Å²) in [5, 5.41) is 16.9. The van der Waals surface area contributed by atoms with Crippen LogP contribution in [0, 0.1) is 5.92 Å². The molecule has 4 aromatic rings. The molecule has 0 aliphatic carbocycles. The number of aromatic nitrogens is 1. The number of fused-ring (bicyclic) bond motifs is 2. The van der Waals surface area contributed by atoms with Gasteiger partial charge in [0.1, 0.15) is 11.9 Å². The third kappa shape index (κ3) is 7.46. The highest BCUT2D eigenvalue weighted by Gasteiger charge is 2.32. The number of aliphatic hydroxyl groups excluding tert-OH is 1. The van der Waals surface area contributed by atoms with Crippen LogP contribution >= 0.6 is 0 Å². The van der Waals surface area contributed by atoms with Crippen LogP contribution < -0.4 is 15.4 Å². The number of rotatable bonds is 8. The minimum Gasteiger partial charge on any atom is -0.488 e. The lowest BCUT2D eigenvalue weighted by Gasteiger charge is -2.34. The van der Waals surface area contributed by atoms with Gasteiger partial charge in [0.05, 0.1) is 32.0 Å². The van der Waals surface area contributed by atoms with Crippen LogP contribution in [0.15, 0.2) is 79.0 Å². The average Bonchev–Trinajstić information content (AvgIpc) is 3.36. The standard InChI is InChI=1S/C35H41N5O5/c1-23-19-40(24(2)22-41)34(43)18-25-16-28(36-33(42)17-26-20-38(3)30-13-9-8-12-29(26)30)14-15-31(25)45-32(23)21-39(4)35(44)37-27-10-6-5-7-11-27/h5-16,20,23-24,32,41H,17-19,21-22H2,1-4H3,(H,36,42)(H,37,44)/t23-,24+,32+/m0/s1. The summed E-state index contributed by atoms with van der Waals surface area (Å²) >= 11 is 0. The Morgan fingerprint density at radius 1 is 1.04 bits per heavy atom. The van der Waals surface area contributed by atoms with Gasteiger partial charge in [0, 0.05) is 60.6 Å². The molecule has 1 aliphatic heterocycles. The predicted molar refractivity (Wildman–Crippen MR) is 175 cm³/mol. The summed E-state index contributed by atoms with van der Waals surface area (Å²) in [5.41, 5.74) is 3.85. The van der Waals surface area contributed by atoms with Crippen molar-refractivity contribution in [2.24, 2.45) is 13.0 Å². The first-order valence-corrected chi connectivity index (χ1v) is 15.2. The minimum absolute atomic E-state index is 0.0382. The van der Waals surface area contributed by atoms with Crippen molar-refractivity contribution in [3.63, 3.8) is 0 Å². The van der Waals surface area contributed by atoms with E-state index in [0.717, 1.165) is 16.5 Å². The molecule has 0 bridgehead atoms. The predicted octanol–water partition coefficient (Wildman–Crippen LogP) is 4.67. The van der Waals surface area contributed by atoms with Gasteiger partial charge in [-0.2, -0.15) is 0 Å². The van der Waals surface area contributed by atoms with Gasteiger partial charge in [0.15, 0.2) is 0 Å². The van der Waals surface area contributed by atoms with E-state index in [4.69, 9.17) is 4.74 Å². The first-order valence-electron chi connectivity index (χ1n) is 15.2. The van der Waals surface area contributed by atoms with E-state index >= 15 is 0 Å². The Morgan fingerprint density at radius 2 is 1.78 bits per heavy atom. The number of benzene rings is 3. The average molecular weight is 612 g/mol. The van der Waals surface area contributed by atoms with E-state index in [1.165, 1.54) is 0 Å². The van der Waals surface area contributed by atoms with Crippen LogP contribution in [0.4, 0.5) is 16.2 Å². The van der Waals surface area contributed by atoms with Crippen molar-refractivity contribution < 1.29 is 24.2 Å². The molecule has 5 rings (SSSR count). The number of anilines is 2. The molecule has 0 saturated heterocycles. The summed E-state index contributed by atoms with van der Waals surface area (Å²) in [7, 11) is 3.66. The molecule has 236 valence electrons. The number of amides is 4. The Kier molecular flexibility index (Phi) is 9.73. The largest absolute Gasteiger partial charge is 0.488 e. The maximum absolute atomic E-state index is 13.6. The molecule has 10 nitrogen and oxygen atoms in total. The van der Waals surface area contributed by atoms with E-state index < -0.39 is 12.1 Å². The van der Waals surface area contributed by atoms with Crippen LogP contribution in [0.1, 0.15) is 25.0 Å². The summed E-state index contributed by atoms with van der Waals surface area (Å²) in [4.78, 5) is 42.9. The molecule has 4 amide bonds. The molecule has 45 heavy (non-hydrogen) atoms. The number of nitrogens with one attached hydrogen (secondary N) is 2. The summed E-state index contributed by atoms with van der Waals surface area (Å²) in [6, 6.07) is 21.8. The summed E-state index contributed by atoms with van der Waals surface area (Å²) < 4.78 is 8.55. The molecule has 3 N–H and O–H groups in total. The van der Waals surface area contributed by atoms with E-state index in [1.807, 2.05) is 86.3 Å². The fraction of sp³-hybridized carbons (Fsp3) is 0.343. The quantitative estimate of drug-likeness (QED) is 0.268. The van der Waals surface area contributed by atoms with Gasteiger partial charge in [-0.15, -0.1) is 0 Å². The molecule has 1 aliphatic rings. The van der Waals surface area contributed by atoms with Crippen LogP contribution in [0.3, 0.4) is 0 Å². The first kappa shape index (κ1) is 31.6. The van der Waals surface area contributed by atoms with Crippen LogP contribution in [-0.4, -0.2) is 76.2 Å². The van der Waals surface area contributed by atoms with Crippen molar-refractivity contribution >= 4 is 40.1 Å². The summed E-state index contributed by atoms with van der Waals surface area (Å²) in [5.74, 6) is 0.0292. The molecular formula is C35H41N5O5. The van der Waals surface area contributed by atoms with Crippen LogP contribution in [0.25, 0.3) is 10.9 Å². The van der Waals surface area contributed by atoms with E-state index in [2.05, 4.69) is 10.6 Å². The highest BCUT2D eigenvalue weighted by molar-refractivity contribution is 5.96. The Labute approximate surface area is 263 Å². The molecule has 0 radical (unpaired) electrons. The monoisotopic (exact) mass is 611 g/mol. The maximum Gasteiger partial charge on any atom is 0.321 e. The Balaban J connectivity index is 1.36. The normalized spacial score (nSPS) is 17.4. The smallest absolute Gasteiger partial charge is 0.321 e. The molecule has 0 saturated carbocycles. The van der Waals surface area contributed by atoms with Gasteiger partial charge in [-0.05, 0) is 48.9 Å². The first-order chi connectivity index (χ1) is 21.6. The van der Waals surface area contributed by atoms with Gasteiger partial charge < -0.3 is 34.8 Å². The maximum atomic E-state index is 13.6. The summed E-state index contributed by atoms with van der Waals surface area (Å²) in [6.45, 7) is 4.22. The number of urea groups is 1.